The quantitative estimate of drug-likeness (QED) is 0.607. The Labute approximate surface area is 185 Å². The minimum atomic E-state index is -0.287. The fourth-order valence-corrected chi connectivity index (χ4v) is 3.56. The lowest BCUT2D eigenvalue weighted by atomic mass is 10.2. The summed E-state index contributed by atoms with van der Waals surface area (Å²) in [6.45, 7) is 6.19. The number of urea groups is 1. The second-order valence-electron chi connectivity index (χ2n) is 7.48. The summed E-state index contributed by atoms with van der Waals surface area (Å²) in [5.74, 6) is 1.26. The number of ether oxygens (including phenoxy) is 1. The fourth-order valence-electron chi connectivity index (χ4n) is 3.56. The summed E-state index contributed by atoms with van der Waals surface area (Å²) in [6, 6.07) is 13.6. The van der Waals surface area contributed by atoms with Gasteiger partial charge in [0, 0.05) is 32.7 Å². The molecule has 1 N–H and O–H groups in total. The van der Waals surface area contributed by atoms with Crippen LogP contribution < -0.4 is 10.1 Å². The van der Waals surface area contributed by atoms with Gasteiger partial charge in [-0.25, -0.2) is 9.18 Å². The van der Waals surface area contributed by atoms with Crippen molar-refractivity contribution in [3.8, 4) is 11.4 Å². The molecule has 3 aromatic rings. The second-order valence-corrected chi connectivity index (χ2v) is 7.48. The number of benzene rings is 2. The van der Waals surface area contributed by atoms with Crippen molar-refractivity contribution in [1.29, 1.82) is 0 Å². The van der Waals surface area contributed by atoms with Crippen LogP contribution in [0.5, 0.6) is 5.75 Å². The number of hydrogen-bond donors (Lipinski definition) is 1. The van der Waals surface area contributed by atoms with Crippen LogP contribution in [0.2, 0.25) is 0 Å². The van der Waals surface area contributed by atoms with Gasteiger partial charge in [-0.2, -0.15) is 4.68 Å². The Hall–Kier alpha value is -3.53. The molecule has 0 spiro atoms. The standard InChI is InChI=1S/C22H26FN7O2/c1-2-32-20-9-7-19(8-10-20)30-21(25-26-27-30)16-28-11-13-29(14-12-28)22(31)24-15-17-3-5-18(23)6-4-17/h3-10H,2,11-16H2,1H3,(H,24,31). The number of rotatable bonds is 7. The molecule has 1 aliphatic heterocycles. The first-order chi connectivity index (χ1) is 15.6. The van der Waals surface area contributed by atoms with Crippen LogP contribution >= 0.6 is 0 Å². The molecule has 0 unspecified atom stereocenters. The molecule has 9 nitrogen and oxygen atoms in total. The Morgan fingerprint density at radius 2 is 1.78 bits per heavy atom. The summed E-state index contributed by atoms with van der Waals surface area (Å²) < 4.78 is 20.2. The molecular formula is C22H26FN7O2. The van der Waals surface area contributed by atoms with Crippen molar-refractivity contribution in [2.24, 2.45) is 0 Å². The number of aromatic nitrogens is 4. The van der Waals surface area contributed by atoms with Crippen LogP contribution in [0.3, 0.4) is 0 Å². The largest absolute Gasteiger partial charge is 0.494 e. The Bertz CT molecular complexity index is 1020. The van der Waals surface area contributed by atoms with Gasteiger partial charge in [0.1, 0.15) is 11.6 Å². The predicted octanol–water partition coefficient (Wildman–Crippen LogP) is 2.23. The van der Waals surface area contributed by atoms with Crippen LogP contribution in [0, 0.1) is 5.82 Å². The Morgan fingerprint density at radius 1 is 1.06 bits per heavy atom. The van der Waals surface area contributed by atoms with Gasteiger partial charge in [0.2, 0.25) is 0 Å². The number of carbonyl (C=O) groups is 1. The molecule has 168 valence electrons. The normalized spacial score (nSPS) is 14.4. The van der Waals surface area contributed by atoms with E-state index in [2.05, 4.69) is 25.7 Å². The van der Waals surface area contributed by atoms with Crippen molar-refractivity contribution in [3.63, 3.8) is 0 Å². The first-order valence-corrected chi connectivity index (χ1v) is 10.6. The van der Waals surface area contributed by atoms with Crippen molar-refractivity contribution in [2.45, 2.75) is 20.0 Å². The number of nitrogens with one attached hydrogen (secondary N) is 1. The second kappa shape index (κ2) is 10.2. The topological polar surface area (TPSA) is 88.4 Å². The summed E-state index contributed by atoms with van der Waals surface area (Å²) in [7, 11) is 0. The van der Waals surface area contributed by atoms with E-state index in [-0.39, 0.29) is 11.8 Å². The highest BCUT2D eigenvalue weighted by atomic mass is 19.1. The molecule has 1 aliphatic rings. The highest BCUT2D eigenvalue weighted by molar-refractivity contribution is 5.74. The van der Waals surface area contributed by atoms with E-state index in [1.54, 1.807) is 21.7 Å². The zero-order valence-electron chi connectivity index (χ0n) is 17.9. The maximum absolute atomic E-state index is 13.0. The Kier molecular flexibility index (Phi) is 6.90. The number of tetrazole rings is 1. The van der Waals surface area contributed by atoms with Crippen LogP contribution in [0.25, 0.3) is 5.69 Å². The monoisotopic (exact) mass is 439 g/mol. The van der Waals surface area contributed by atoms with Gasteiger partial charge in [0.25, 0.3) is 0 Å². The summed E-state index contributed by atoms with van der Waals surface area (Å²) in [6.07, 6.45) is 0. The van der Waals surface area contributed by atoms with Gasteiger partial charge < -0.3 is 15.0 Å². The van der Waals surface area contributed by atoms with E-state index in [1.165, 1.54) is 12.1 Å². The highest BCUT2D eigenvalue weighted by Crippen LogP contribution is 2.16. The summed E-state index contributed by atoms with van der Waals surface area (Å²) in [4.78, 5) is 16.5. The molecule has 0 aliphatic carbocycles. The fraction of sp³-hybridized carbons (Fsp3) is 0.364. The lowest BCUT2D eigenvalue weighted by Gasteiger charge is -2.34. The van der Waals surface area contributed by atoms with Gasteiger partial charge in [0.05, 0.1) is 18.8 Å². The number of nitrogens with zero attached hydrogens (tertiary/aromatic N) is 6. The van der Waals surface area contributed by atoms with Gasteiger partial charge in [0.15, 0.2) is 5.82 Å². The molecule has 1 aromatic heterocycles. The van der Waals surface area contributed by atoms with Crippen molar-refractivity contribution in [1.82, 2.24) is 35.3 Å². The van der Waals surface area contributed by atoms with Gasteiger partial charge in [-0.05, 0) is 59.3 Å². The van der Waals surface area contributed by atoms with Gasteiger partial charge in [-0.1, -0.05) is 12.1 Å². The molecule has 0 bridgehead atoms. The summed E-state index contributed by atoms with van der Waals surface area (Å²) >= 11 is 0. The van der Waals surface area contributed by atoms with Crippen LogP contribution in [-0.2, 0) is 13.1 Å². The van der Waals surface area contributed by atoms with Crippen LogP contribution in [0.1, 0.15) is 18.3 Å². The maximum Gasteiger partial charge on any atom is 0.317 e. The Balaban J connectivity index is 1.27. The summed E-state index contributed by atoms with van der Waals surface area (Å²) in [5, 5.41) is 15.0. The van der Waals surface area contributed by atoms with Gasteiger partial charge in [-0.15, -0.1) is 5.10 Å². The number of piperazine rings is 1. The van der Waals surface area contributed by atoms with Crippen LogP contribution in [0.4, 0.5) is 9.18 Å². The third-order valence-corrected chi connectivity index (χ3v) is 5.31. The van der Waals surface area contributed by atoms with Gasteiger partial charge >= 0.3 is 6.03 Å². The first-order valence-electron chi connectivity index (χ1n) is 10.6. The number of hydrogen-bond acceptors (Lipinski definition) is 6. The maximum atomic E-state index is 13.0. The minimum absolute atomic E-state index is 0.117. The van der Waals surface area contributed by atoms with Crippen LogP contribution in [0.15, 0.2) is 48.5 Å². The van der Waals surface area contributed by atoms with E-state index in [4.69, 9.17) is 4.74 Å². The van der Waals surface area contributed by atoms with Crippen LogP contribution in [-0.4, -0.2) is 68.8 Å². The predicted molar refractivity (Wildman–Crippen MR) is 116 cm³/mol. The third-order valence-electron chi connectivity index (χ3n) is 5.31. The molecule has 1 saturated heterocycles. The zero-order valence-corrected chi connectivity index (χ0v) is 17.9. The van der Waals surface area contributed by atoms with E-state index < -0.39 is 0 Å². The molecule has 2 heterocycles. The van der Waals surface area contributed by atoms with E-state index in [0.29, 0.717) is 32.8 Å². The zero-order chi connectivity index (χ0) is 22.3. The smallest absolute Gasteiger partial charge is 0.317 e. The first kappa shape index (κ1) is 21.7. The number of halogens is 1. The van der Waals surface area contributed by atoms with Crippen molar-refractivity contribution >= 4 is 6.03 Å². The van der Waals surface area contributed by atoms with Crippen molar-refractivity contribution in [3.05, 3.63) is 65.7 Å². The molecule has 1 fully saturated rings. The number of carbonyl (C=O) groups excluding carboxylic acids is 1. The lowest BCUT2D eigenvalue weighted by molar-refractivity contribution is 0.133. The SMILES string of the molecule is CCOc1ccc(-n2nnnc2CN2CCN(C(=O)NCc3ccc(F)cc3)CC2)cc1. The molecule has 4 rings (SSSR count). The molecule has 2 amide bonds. The minimum Gasteiger partial charge on any atom is -0.494 e. The molecule has 10 heteroatoms. The van der Waals surface area contributed by atoms with Crippen molar-refractivity contribution in [2.75, 3.05) is 32.8 Å². The summed E-state index contributed by atoms with van der Waals surface area (Å²) in [5.41, 5.74) is 1.73. The molecule has 0 atom stereocenters. The molecular weight excluding hydrogens is 413 g/mol. The van der Waals surface area contributed by atoms with E-state index >= 15 is 0 Å². The molecule has 2 aromatic carbocycles. The molecule has 0 radical (unpaired) electrons. The highest BCUT2D eigenvalue weighted by Gasteiger charge is 2.22. The molecule has 0 saturated carbocycles. The average Bonchev–Trinajstić information content (AvgIpc) is 3.28. The molecule has 32 heavy (non-hydrogen) atoms. The lowest BCUT2D eigenvalue weighted by Crippen LogP contribution is -2.51. The van der Waals surface area contributed by atoms with E-state index in [1.807, 2.05) is 31.2 Å². The van der Waals surface area contributed by atoms with E-state index in [9.17, 15) is 9.18 Å². The third kappa shape index (κ3) is 5.38. The average molecular weight is 439 g/mol. The van der Waals surface area contributed by atoms with Crippen molar-refractivity contribution < 1.29 is 13.9 Å². The Morgan fingerprint density at radius 3 is 2.47 bits per heavy atom. The van der Waals surface area contributed by atoms with E-state index in [0.717, 1.165) is 35.9 Å². The number of amides is 2. The van der Waals surface area contributed by atoms with Gasteiger partial charge in [-0.3, -0.25) is 4.90 Å².